The summed E-state index contributed by atoms with van der Waals surface area (Å²) in [5, 5.41) is 6.34. The summed E-state index contributed by atoms with van der Waals surface area (Å²) in [6.45, 7) is 0. The van der Waals surface area contributed by atoms with Crippen LogP contribution in [0, 0.1) is 0 Å². The van der Waals surface area contributed by atoms with Crippen molar-refractivity contribution >= 4 is 81.3 Å². The highest BCUT2D eigenvalue weighted by Gasteiger charge is 2.31. The van der Waals surface area contributed by atoms with Crippen molar-refractivity contribution in [3.8, 4) is 33.8 Å². The Balaban J connectivity index is 1.11. The van der Waals surface area contributed by atoms with Gasteiger partial charge in [0.2, 0.25) is 0 Å². The number of hydrogen-bond donors (Lipinski definition) is 0. The lowest BCUT2D eigenvalue weighted by Gasteiger charge is -2.27. The first-order chi connectivity index (χ1) is 26.8. The predicted molar refractivity (Wildman–Crippen MR) is 230 cm³/mol. The van der Waals surface area contributed by atoms with E-state index in [1.54, 1.807) is 0 Å². The molecule has 12 rings (SSSR count). The molecular weight excluding hydrogens is 675 g/mol. The summed E-state index contributed by atoms with van der Waals surface area (Å²) in [5.74, 6) is 0. The van der Waals surface area contributed by atoms with Gasteiger partial charge in [0.05, 0.1) is 33.6 Å². The van der Waals surface area contributed by atoms with Gasteiger partial charge >= 0.3 is 0 Å². The molecule has 3 aromatic heterocycles. The third-order valence-corrected chi connectivity index (χ3v) is 12.4. The Morgan fingerprint density at radius 3 is 1.52 bits per heavy atom. The Labute approximate surface area is 315 Å². The second-order valence-corrected chi connectivity index (χ2v) is 15.2. The quantitative estimate of drug-likeness (QED) is 0.178. The van der Waals surface area contributed by atoms with Crippen molar-refractivity contribution in [3.63, 3.8) is 0 Å². The van der Waals surface area contributed by atoms with Crippen molar-refractivity contribution in [2.45, 2.75) is 0 Å². The highest BCUT2D eigenvalue weighted by molar-refractivity contribution is 7.25. The van der Waals surface area contributed by atoms with Crippen LogP contribution in [-0.2, 0) is 0 Å². The molecule has 1 aliphatic rings. The highest BCUT2D eigenvalue weighted by Crippen LogP contribution is 2.54. The molecule has 0 bridgehead atoms. The minimum Gasteiger partial charge on any atom is -0.309 e. The van der Waals surface area contributed by atoms with E-state index in [4.69, 9.17) is 0 Å². The molecule has 0 atom stereocenters. The van der Waals surface area contributed by atoms with Crippen LogP contribution < -0.4 is 4.90 Å². The van der Waals surface area contributed by atoms with E-state index in [1.165, 1.54) is 86.6 Å². The first-order valence-electron chi connectivity index (χ1n) is 18.4. The summed E-state index contributed by atoms with van der Waals surface area (Å²) in [7, 11) is 0. The van der Waals surface area contributed by atoms with Crippen molar-refractivity contribution in [2.75, 3.05) is 4.90 Å². The van der Waals surface area contributed by atoms with Gasteiger partial charge in [-0.1, -0.05) is 109 Å². The molecule has 11 aromatic rings. The van der Waals surface area contributed by atoms with E-state index < -0.39 is 0 Å². The number of rotatable bonds is 3. The van der Waals surface area contributed by atoms with E-state index in [0.717, 1.165) is 17.1 Å². The normalized spacial score (nSPS) is 12.4. The van der Waals surface area contributed by atoms with Crippen LogP contribution in [0.5, 0.6) is 0 Å². The number of para-hydroxylation sites is 6. The van der Waals surface area contributed by atoms with Crippen LogP contribution in [0.25, 0.3) is 86.6 Å². The van der Waals surface area contributed by atoms with E-state index >= 15 is 0 Å². The van der Waals surface area contributed by atoms with E-state index in [2.05, 4.69) is 202 Å². The van der Waals surface area contributed by atoms with Crippen LogP contribution >= 0.6 is 11.3 Å². The lowest BCUT2D eigenvalue weighted by atomic mass is 9.98. The Morgan fingerprint density at radius 2 is 0.833 bits per heavy atom. The lowest BCUT2D eigenvalue weighted by Crippen LogP contribution is -2.11. The van der Waals surface area contributed by atoms with Gasteiger partial charge in [0.1, 0.15) is 0 Å². The average molecular weight is 706 g/mol. The number of hydrogen-bond acceptors (Lipinski definition) is 2. The topological polar surface area (TPSA) is 13.1 Å². The summed E-state index contributed by atoms with van der Waals surface area (Å²) in [5.41, 5.74) is 14.4. The molecule has 252 valence electrons. The fourth-order valence-corrected chi connectivity index (χ4v) is 10.1. The van der Waals surface area contributed by atoms with Crippen molar-refractivity contribution in [1.82, 2.24) is 9.13 Å². The van der Waals surface area contributed by atoms with Crippen LogP contribution in [-0.4, -0.2) is 9.13 Å². The Kier molecular flexibility index (Phi) is 6.21. The summed E-state index contributed by atoms with van der Waals surface area (Å²) in [6, 6.07) is 69.0. The predicted octanol–water partition coefficient (Wildman–Crippen LogP) is 14.2. The molecule has 0 saturated heterocycles. The number of nitrogens with zero attached hydrogens (tertiary/aromatic N) is 3. The van der Waals surface area contributed by atoms with Crippen molar-refractivity contribution < 1.29 is 0 Å². The largest absolute Gasteiger partial charge is 0.309 e. The van der Waals surface area contributed by atoms with Crippen molar-refractivity contribution in [1.29, 1.82) is 0 Å². The third kappa shape index (κ3) is 4.11. The van der Waals surface area contributed by atoms with Gasteiger partial charge < -0.3 is 14.0 Å². The fourth-order valence-electron chi connectivity index (χ4n) is 9.00. The van der Waals surface area contributed by atoms with E-state index in [1.807, 2.05) is 11.3 Å². The Morgan fingerprint density at radius 1 is 0.333 bits per heavy atom. The summed E-state index contributed by atoms with van der Waals surface area (Å²) in [4.78, 5) is 2.48. The maximum Gasteiger partial charge on any atom is 0.0641 e. The zero-order valence-electron chi connectivity index (χ0n) is 29.1. The van der Waals surface area contributed by atoms with Gasteiger partial charge in [0.25, 0.3) is 0 Å². The second-order valence-electron chi connectivity index (χ2n) is 14.1. The molecule has 3 nitrogen and oxygen atoms in total. The molecular formula is C50H31N3S. The van der Waals surface area contributed by atoms with Crippen molar-refractivity contribution in [3.05, 3.63) is 188 Å². The first-order valence-corrected chi connectivity index (χ1v) is 19.3. The SMILES string of the molecule is c1ccc(-n2c3c(c4ccccc42)-c2ccccc2N(c2ccc4sc5ccc(-n6c7ccccc7c7ccccc76)cc5c4c2)c2ccccc2-3)cc1. The van der Waals surface area contributed by atoms with Gasteiger partial charge in [0.15, 0.2) is 0 Å². The minimum atomic E-state index is 1.14. The second kappa shape index (κ2) is 11.3. The van der Waals surface area contributed by atoms with Crippen LogP contribution in [0.15, 0.2) is 188 Å². The van der Waals surface area contributed by atoms with Gasteiger partial charge in [-0.3, -0.25) is 0 Å². The number of benzene rings is 8. The van der Waals surface area contributed by atoms with Gasteiger partial charge in [-0.05, 0) is 78.9 Å². The van der Waals surface area contributed by atoms with Gasteiger partial charge in [0, 0.05) is 70.1 Å². The maximum absolute atomic E-state index is 2.48. The maximum atomic E-state index is 2.48. The van der Waals surface area contributed by atoms with E-state index in [-0.39, 0.29) is 0 Å². The standard InChI is InChI=1S/C50H31N3S/c1-2-14-32(15-3-1)53-45-24-12-7-19-38(45)49-37-18-6-11-23-44(37)52(46-25-13-8-20-39(46)50(49)53)34-27-29-48-41(31-34)40-30-33(26-28-47(40)54-48)51-42-21-9-4-16-35(42)36-17-5-10-22-43(36)51/h1-31H. The van der Waals surface area contributed by atoms with Crippen LogP contribution in [0.1, 0.15) is 0 Å². The van der Waals surface area contributed by atoms with Crippen LogP contribution in [0.4, 0.5) is 17.1 Å². The van der Waals surface area contributed by atoms with E-state index in [0.29, 0.717) is 0 Å². The van der Waals surface area contributed by atoms with Crippen LogP contribution in [0.2, 0.25) is 0 Å². The molecule has 1 aliphatic heterocycles. The average Bonchev–Trinajstić information content (AvgIpc) is 3.86. The molecule has 0 radical (unpaired) electrons. The molecule has 0 unspecified atom stereocenters. The highest BCUT2D eigenvalue weighted by atomic mass is 32.1. The van der Waals surface area contributed by atoms with Crippen LogP contribution in [0.3, 0.4) is 0 Å². The molecule has 54 heavy (non-hydrogen) atoms. The smallest absolute Gasteiger partial charge is 0.0641 e. The molecule has 0 saturated carbocycles. The molecule has 0 N–H and O–H groups in total. The van der Waals surface area contributed by atoms with E-state index in [9.17, 15) is 0 Å². The molecule has 4 heteroatoms. The molecule has 0 spiro atoms. The lowest BCUT2D eigenvalue weighted by molar-refractivity contribution is 1.13. The Hall–Kier alpha value is -6.88. The molecule has 0 fully saturated rings. The number of thiophene rings is 1. The molecule has 8 aromatic carbocycles. The monoisotopic (exact) mass is 705 g/mol. The summed E-state index contributed by atoms with van der Waals surface area (Å²) in [6.07, 6.45) is 0. The van der Waals surface area contributed by atoms with Crippen molar-refractivity contribution in [2.24, 2.45) is 0 Å². The number of aromatic nitrogens is 2. The third-order valence-electron chi connectivity index (χ3n) is 11.2. The number of fused-ring (bicyclic) bond motifs is 13. The number of anilines is 3. The Bertz CT molecular complexity index is 3240. The van der Waals surface area contributed by atoms with Gasteiger partial charge in [-0.15, -0.1) is 11.3 Å². The molecule has 4 heterocycles. The van der Waals surface area contributed by atoms with Gasteiger partial charge in [-0.2, -0.15) is 0 Å². The zero-order chi connectivity index (χ0) is 35.3. The molecule has 0 amide bonds. The summed E-state index contributed by atoms with van der Waals surface area (Å²) < 4.78 is 7.45. The molecule has 0 aliphatic carbocycles. The fraction of sp³-hybridized carbons (Fsp3) is 0. The summed E-state index contributed by atoms with van der Waals surface area (Å²) >= 11 is 1.87. The van der Waals surface area contributed by atoms with Gasteiger partial charge in [-0.25, -0.2) is 0 Å². The first kappa shape index (κ1) is 29.7. The zero-order valence-corrected chi connectivity index (χ0v) is 30.0. The minimum absolute atomic E-state index is 1.14.